The van der Waals surface area contributed by atoms with E-state index in [1.54, 1.807) is 12.1 Å². The van der Waals surface area contributed by atoms with Crippen LogP contribution in [0.25, 0.3) is 0 Å². The maximum atomic E-state index is 13.8. The van der Waals surface area contributed by atoms with E-state index in [0.29, 0.717) is 17.3 Å². The summed E-state index contributed by atoms with van der Waals surface area (Å²) in [5.74, 6) is -0.262. The number of benzene rings is 1. The highest BCUT2D eigenvalue weighted by Crippen LogP contribution is 2.35. The lowest BCUT2D eigenvalue weighted by Crippen LogP contribution is -2.47. The lowest BCUT2D eigenvalue weighted by Gasteiger charge is -2.43. The Morgan fingerprint density at radius 3 is 2.85 bits per heavy atom. The fourth-order valence-corrected chi connectivity index (χ4v) is 3.24. The van der Waals surface area contributed by atoms with Gasteiger partial charge in [-0.15, -0.1) is 0 Å². The molecule has 5 heteroatoms. The Bertz CT molecular complexity index is 471. The van der Waals surface area contributed by atoms with Crippen LogP contribution in [-0.4, -0.2) is 31.5 Å². The van der Waals surface area contributed by atoms with Gasteiger partial charge in [-0.2, -0.15) is 0 Å². The van der Waals surface area contributed by atoms with Gasteiger partial charge in [-0.1, -0.05) is 11.6 Å². The summed E-state index contributed by atoms with van der Waals surface area (Å²) < 4.78 is 25.2. The van der Waals surface area contributed by atoms with E-state index in [2.05, 4.69) is 5.32 Å². The van der Waals surface area contributed by atoms with Gasteiger partial charge in [0.05, 0.1) is 11.3 Å². The van der Waals surface area contributed by atoms with Crippen LogP contribution in [0, 0.1) is 5.82 Å². The molecule has 1 N–H and O–H groups in total. The Hall–Kier alpha value is -0.840. The molecule has 0 bridgehead atoms. The van der Waals surface area contributed by atoms with Crippen molar-refractivity contribution in [3.8, 4) is 0 Å². The third kappa shape index (κ3) is 3.08. The molecule has 3 rings (SSSR count). The topological polar surface area (TPSA) is 30.5 Å². The molecule has 1 atom stereocenters. The third-order valence-electron chi connectivity index (χ3n) is 4.19. The van der Waals surface area contributed by atoms with Gasteiger partial charge in [-0.05, 0) is 43.9 Å². The Labute approximate surface area is 123 Å². The summed E-state index contributed by atoms with van der Waals surface area (Å²) in [6.45, 7) is 2.20. The predicted molar refractivity (Wildman–Crippen MR) is 76.8 cm³/mol. The number of ether oxygens (including phenoxy) is 2. The fourth-order valence-electron chi connectivity index (χ4n) is 3.07. The molecule has 2 aliphatic heterocycles. The molecule has 2 saturated heterocycles. The van der Waals surface area contributed by atoms with Gasteiger partial charge in [0.15, 0.2) is 0 Å². The first-order chi connectivity index (χ1) is 9.67. The summed E-state index contributed by atoms with van der Waals surface area (Å²) in [6.07, 6.45) is 3.61. The molecule has 1 unspecified atom stereocenters. The van der Waals surface area contributed by atoms with Crippen LogP contribution in [0.3, 0.4) is 0 Å². The maximum Gasteiger partial charge on any atom is 0.146 e. The van der Waals surface area contributed by atoms with E-state index in [9.17, 15) is 4.39 Å². The SMILES string of the molecule is Fc1ccc(Cl)cc1NC1CCOC2(CCOCC2)C1. The molecule has 20 heavy (non-hydrogen) atoms. The zero-order chi connectivity index (χ0) is 14.0. The van der Waals surface area contributed by atoms with E-state index in [-0.39, 0.29) is 17.5 Å². The molecule has 0 aliphatic carbocycles. The molecule has 2 heterocycles. The van der Waals surface area contributed by atoms with Crippen molar-refractivity contribution in [2.24, 2.45) is 0 Å². The van der Waals surface area contributed by atoms with Gasteiger partial charge in [0, 0.05) is 30.9 Å². The molecule has 0 saturated carbocycles. The number of hydrogen-bond acceptors (Lipinski definition) is 3. The summed E-state index contributed by atoms with van der Waals surface area (Å²) in [4.78, 5) is 0. The van der Waals surface area contributed by atoms with E-state index in [0.717, 1.165) is 38.9 Å². The average Bonchev–Trinajstić information content (AvgIpc) is 2.44. The Morgan fingerprint density at radius 1 is 1.25 bits per heavy atom. The van der Waals surface area contributed by atoms with Crippen molar-refractivity contribution < 1.29 is 13.9 Å². The van der Waals surface area contributed by atoms with Gasteiger partial charge < -0.3 is 14.8 Å². The molecule has 0 amide bonds. The van der Waals surface area contributed by atoms with E-state index in [4.69, 9.17) is 21.1 Å². The molecule has 110 valence electrons. The van der Waals surface area contributed by atoms with E-state index in [1.807, 2.05) is 0 Å². The molecule has 2 aliphatic rings. The Balaban J connectivity index is 1.69. The van der Waals surface area contributed by atoms with Crippen molar-refractivity contribution in [3.05, 3.63) is 29.0 Å². The van der Waals surface area contributed by atoms with Crippen LogP contribution in [-0.2, 0) is 9.47 Å². The molecule has 1 spiro atoms. The molecule has 1 aromatic rings. The highest BCUT2D eigenvalue weighted by Gasteiger charge is 2.39. The molecular weight excluding hydrogens is 281 g/mol. The minimum Gasteiger partial charge on any atom is -0.381 e. The van der Waals surface area contributed by atoms with Crippen LogP contribution >= 0.6 is 11.6 Å². The second-order valence-electron chi connectivity index (χ2n) is 5.60. The first-order valence-electron chi connectivity index (χ1n) is 7.10. The van der Waals surface area contributed by atoms with Crippen LogP contribution in [0.2, 0.25) is 5.02 Å². The van der Waals surface area contributed by atoms with Crippen LogP contribution < -0.4 is 5.32 Å². The highest BCUT2D eigenvalue weighted by atomic mass is 35.5. The summed E-state index contributed by atoms with van der Waals surface area (Å²) in [5, 5.41) is 3.82. The second-order valence-corrected chi connectivity index (χ2v) is 6.04. The summed E-state index contributed by atoms with van der Waals surface area (Å²) in [7, 11) is 0. The molecule has 3 nitrogen and oxygen atoms in total. The number of anilines is 1. The van der Waals surface area contributed by atoms with Gasteiger partial charge in [-0.3, -0.25) is 0 Å². The molecule has 2 fully saturated rings. The Morgan fingerprint density at radius 2 is 2.05 bits per heavy atom. The largest absolute Gasteiger partial charge is 0.381 e. The molecule has 0 radical (unpaired) electrons. The number of nitrogens with one attached hydrogen (secondary N) is 1. The first kappa shape index (κ1) is 14.1. The van der Waals surface area contributed by atoms with Crippen LogP contribution in [0.1, 0.15) is 25.7 Å². The quantitative estimate of drug-likeness (QED) is 0.905. The van der Waals surface area contributed by atoms with Crippen molar-refractivity contribution in [2.45, 2.75) is 37.3 Å². The van der Waals surface area contributed by atoms with Crippen molar-refractivity contribution >= 4 is 17.3 Å². The summed E-state index contributed by atoms with van der Waals surface area (Å²) >= 11 is 5.93. The maximum absolute atomic E-state index is 13.8. The lowest BCUT2D eigenvalue weighted by molar-refractivity contribution is -0.135. The predicted octanol–water partition coefficient (Wildman–Crippen LogP) is 3.62. The minimum absolute atomic E-state index is 0.0940. The van der Waals surface area contributed by atoms with Crippen LogP contribution in [0.15, 0.2) is 18.2 Å². The molecule has 1 aromatic carbocycles. The standard InChI is InChI=1S/C15H19ClFNO2/c16-11-1-2-13(17)14(9-11)18-12-3-6-20-15(10-12)4-7-19-8-5-15/h1-2,9,12,18H,3-8,10H2. The van der Waals surface area contributed by atoms with Gasteiger partial charge in [0.2, 0.25) is 0 Å². The number of rotatable bonds is 2. The van der Waals surface area contributed by atoms with Gasteiger partial charge in [0.1, 0.15) is 5.82 Å². The van der Waals surface area contributed by atoms with Crippen molar-refractivity contribution in [2.75, 3.05) is 25.1 Å². The second kappa shape index (κ2) is 5.88. The third-order valence-corrected chi connectivity index (χ3v) is 4.42. The van der Waals surface area contributed by atoms with Gasteiger partial charge >= 0.3 is 0 Å². The summed E-state index contributed by atoms with van der Waals surface area (Å²) in [6, 6.07) is 4.82. The van der Waals surface area contributed by atoms with E-state index in [1.165, 1.54) is 6.07 Å². The van der Waals surface area contributed by atoms with Gasteiger partial charge in [0.25, 0.3) is 0 Å². The lowest BCUT2D eigenvalue weighted by atomic mass is 9.84. The fraction of sp³-hybridized carbons (Fsp3) is 0.600. The number of hydrogen-bond donors (Lipinski definition) is 1. The molecule has 0 aromatic heterocycles. The van der Waals surface area contributed by atoms with E-state index < -0.39 is 0 Å². The first-order valence-corrected chi connectivity index (χ1v) is 7.48. The van der Waals surface area contributed by atoms with Crippen LogP contribution in [0.5, 0.6) is 0 Å². The zero-order valence-corrected chi connectivity index (χ0v) is 12.1. The normalized spacial score (nSPS) is 25.6. The van der Waals surface area contributed by atoms with Crippen molar-refractivity contribution in [3.63, 3.8) is 0 Å². The zero-order valence-electron chi connectivity index (χ0n) is 11.3. The Kier molecular flexibility index (Phi) is 4.15. The number of halogens is 2. The molecular formula is C15H19ClFNO2. The minimum atomic E-state index is -0.262. The van der Waals surface area contributed by atoms with Crippen molar-refractivity contribution in [1.29, 1.82) is 0 Å². The van der Waals surface area contributed by atoms with Crippen LogP contribution in [0.4, 0.5) is 10.1 Å². The van der Waals surface area contributed by atoms with Gasteiger partial charge in [-0.25, -0.2) is 4.39 Å². The van der Waals surface area contributed by atoms with E-state index >= 15 is 0 Å². The summed E-state index contributed by atoms with van der Waals surface area (Å²) in [5.41, 5.74) is 0.384. The van der Waals surface area contributed by atoms with Crippen molar-refractivity contribution in [1.82, 2.24) is 0 Å². The smallest absolute Gasteiger partial charge is 0.146 e. The highest BCUT2D eigenvalue weighted by molar-refractivity contribution is 6.30. The average molecular weight is 300 g/mol. The monoisotopic (exact) mass is 299 g/mol.